The Morgan fingerprint density at radius 1 is 1.42 bits per heavy atom. The molecule has 0 unspecified atom stereocenters. The van der Waals surface area contributed by atoms with E-state index < -0.39 is 16.0 Å². The van der Waals surface area contributed by atoms with Crippen molar-refractivity contribution >= 4 is 21.7 Å². The van der Waals surface area contributed by atoms with E-state index in [4.69, 9.17) is 10.5 Å². The van der Waals surface area contributed by atoms with Gasteiger partial charge in [-0.2, -0.15) is 0 Å². The van der Waals surface area contributed by atoms with Crippen LogP contribution in [0, 0.1) is 0 Å². The van der Waals surface area contributed by atoms with Gasteiger partial charge in [-0.05, 0) is 24.6 Å². The van der Waals surface area contributed by atoms with E-state index in [0.717, 1.165) is 0 Å². The minimum absolute atomic E-state index is 0.0179. The maximum Gasteiger partial charge on any atom is 0.307 e. The Morgan fingerprint density at radius 3 is 2.79 bits per heavy atom. The molecule has 0 saturated heterocycles. The summed E-state index contributed by atoms with van der Waals surface area (Å²) in [7, 11) is -3.48. The van der Waals surface area contributed by atoms with Crippen LogP contribution in [0.25, 0.3) is 0 Å². The SMILES string of the molecule is CCOC(=O)CCNS(=O)(=O)Cc1cccc(N)c1. The fourth-order valence-corrected chi connectivity index (χ4v) is 2.63. The molecule has 0 aliphatic rings. The van der Waals surface area contributed by atoms with Crippen molar-refractivity contribution in [3.63, 3.8) is 0 Å². The van der Waals surface area contributed by atoms with Crippen LogP contribution in [0.1, 0.15) is 18.9 Å². The molecule has 0 radical (unpaired) electrons. The summed E-state index contributed by atoms with van der Waals surface area (Å²) >= 11 is 0. The molecule has 1 rings (SSSR count). The number of nitrogens with one attached hydrogen (secondary N) is 1. The summed E-state index contributed by atoms with van der Waals surface area (Å²) in [5.41, 5.74) is 6.69. The Hall–Kier alpha value is -1.60. The molecule has 1 aromatic rings. The van der Waals surface area contributed by atoms with Crippen molar-refractivity contribution in [1.29, 1.82) is 0 Å². The zero-order valence-corrected chi connectivity index (χ0v) is 11.6. The van der Waals surface area contributed by atoms with Gasteiger partial charge in [-0.25, -0.2) is 13.1 Å². The van der Waals surface area contributed by atoms with Gasteiger partial charge in [0.1, 0.15) is 0 Å². The molecule has 1 aromatic carbocycles. The number of carbonyl (C=O) groups is 1. The van der Waals surface area contributed by atoms with Crippen molar-refractivity contribution in [2.75, 3.05) is 18.9 Å². The molecule has 7 heteroatoms. The Morgan fingerprint density at radius 2 is 2.16 bits per heavy atom. The van der Waals surface area contributed by atoms with Gasteiger partial charge >= 0.3 is 5.97 Å². The molecule has 0 amide bonds. The zero-order chi connectivity index (χ0) is 14.3. The fourth-order valence-electron chi connectivity index (χ4n) is 1.50. The fraction of sp³-hybridized carbons (Fsp3) is 0.417. The van der Waals surface area contributed by atoms with Gasteiger partial charge in [-0.15, -0.1) is 0 Å². The number of ether oxygens (including phenoxy) is 1. The van der Waals surface area contributed by atoms with Crippen LogP contribution in [-0.2, 0) is 25.3 Å². The molecule has 0 fully saturated rings. The number of nitrogens with two attached hydrogens (primary N) is 1. The van der Waals surface area contributed by atoms with Crippen LogP contribution >= 0.6 is 0 Å². The second kappa shape index (κ2) is 7.10. The molecular weight excluding hydrogens is 268 g/mol. The molecule has 0 aliphatic heterocycles. The first kappa shape index (κ1) is 15.5. The lowest BCUT2D eigenvalue weighted by molar-refractivity contribution is -0.142. The lowest BCUT2D eigenvalue weighted by atomic mass is 10.2. The molecule has 0 aromatic heterocycles. The highest BCUT2D eigenvalue weighted by molar-refractivity contribution is 7.88. The summed E-state index contributed by atoms with van der Waals surface area (Å²) in [6.07, 6.45) is 0.0179. The standard InChI is InChI=1S/C12H18N2O4S/c1-2-18-12(15)6-7-14-19(16,17)9-10-4-3-5-11(13)8-10/h3-5,8,14H,2,6-7,9,13H2,1H3. The number of anilines is 1. The van der Waals surface area contributed by atoms with E-state index in [2.05, 4.69) is 4.72 Å². The number of nitrogen functional groups attached to an aromatic ring is 1. The van der Waals surface area contributed by atoms with Gasteiger partial charge in [0.15, 0.2) is 0 Å². The highest BCUT2D eigenvalue weighted by atomic mass is 32.2. The maximum atomic E-state index is 11.7. The number of esters is 1. The lowest BCUT2D eigenvalue weighted by Crippen LogP contribution is -2.28. The van der Waals surface area contributed by atoms with E-state index in [0.29, 0.717) is 11.3 Å². The van der Waals surface area contributed by atoms with E-state index >= 15 is 0 Å². The summed E-state index contributed by atoms with van der Waals surface area (Å²) in [4.78, 5) is 11.1. The highest BCUT2D eigenvalue weighted by Gasteiger charge is 2.12. The molecule has 0 bridgehead atoms. The van der Waals surface area contributed by atoms with Gasteiger partial charge in [0, 0.05) is 12.2 Å². The Labute approximate surface area is 113 Å². The van der Waals surface area contributed by atoms with Gasteiger partial charge in [0.25, 0.3) is 0 Å². The Balaban J connectivity index is 2.46. The van der Waals surface area contributed by atoms with Gasteiger partial charge in [-0.3, -0.25) is 4.79 Å². The van der Waals surface area contributed by atoms with Gasteiger partial charge in [0.05, 0.1) is 18.8 Å². The molecular formula is C12H18N2O4S. The van der Waals surface area contributed by atoms with Crippen molar-refractivity contribution < 1.29 is 17.9 Å². The highest BCUT2D eigenvalue weighted by Crippen LogP contribution is 2.09. The first-order chi connectivity index (χ1) is 8.93. The van der Waals surface area contributed by atoms with Gasteiger partial charge in [0.2, 0.25) is 10.0 Å². The van der Waals surface area contributed by atoms with E-state index in [1.54, 1.807) is 31.2 Å². The van der Waals surface area contributed by atoms with Crippen LogP contribution in [0.2, 0.25) is 0 Å². The largest absolute Gasteiger partial charge is 0.466 e. The minimum Gasteiger partial charge on any atom is -0.466 e. The molecule has 0 saturated carbocycles. The second-order valence-electron chi connectivity index (χ2n) is 3.95. The molecule has 106 valence electrons. The summed E-state index contributed by atoms with van der Waals surface area (Å²) in [5, 5.41) is 0. The Kier molecular flexibility index (Phi) is 5.78. The van der Waals surface area contributed by atoms with Crippen molar-refractivity contribution in [3.8, 4) is 0 Å². The second-order valence-corrected chi connectivity index (χ2v) is 5.76. The molecule has 0 spiro atoms. The molecule has 6 nitrogen and oxygen atoms in total. The molecule has 19 heavy (non-hydrogen) atoms. The number of hydrogen-bond donors (Lipinski definition) is 2. The van der Waals surface area contributed by atoms with Crippen molar-refractivity contribution in [3.05, 3.63) is 29.8 Å². The Bertz CT molecular complexity index is 528. The number of sulfonamides is 1. The molecule has 3 N–H and O–H groups in total. The average molecular weight is 286 g/mol. The van der Waals surface area contributed by atoms with Crippen LogP contribution in [0.3, 0.4) is 0 Å². The van der Waals surface area contributed by atoms with Crippen molar-refractivity contribution in [2.45, 2.75) is 19.1 Å². The summed E-state index contributed by atoms with van der Waals surface area (Å²) in [6.45, 7) is 2.01. The van der Waals surface area contributed by atoms with Crippen LogP contribution in [-0.4, -0.2) is 27.5 Å². The summed E-state index contributed by atoms with van der Waals surface area (Å²) in [6, 6.07) is 6.66. The molecule has 0 aliphatic carbocycles. The third kappa shape index (κ3) is 6.21. The minimum atomic E-state index is -3.48. The average Bonchev–Trinajstić information content (AvgIpc) is 2.28. The smallest absolute Gasteiger partial charge is 0.307 e. The number of hydrogen-bond acceptors (Lipinski definition) is 5. The predicted octanol–water partition coefficient (Wildman–Crippen LogP) is 0.641. The van der Waals surface area contributed by atoms with Crippen LogP contribution in [0.4, 0.5) is 5.69 Å². The quantitative estimate of drug-likeness (QED) is 0.566. The first-order valence-electron chi connectivity index (χ1n) is 5.90. The van der Waals surface area contributed by atoms with Gasteiger partial charge < -0.3 is 10.5 Å². The van der Waals surface area contributed by atoms with E-state index in [9.17, 15) is 13.2 Å². The maximum absolute atomic E-state index is 11.7. The lowest BCUT2D eigenvalue weighted by Gasteiger charge is -2.07. The predicted molar refractivity (Wildman–Crippen MR) is 72.7 cm³/mol. The first-order valence-corrected chi connectivity index (χ1v) is 7.55. The van der Waals surface area contributed by atoms with Crippen molar-refractivity contribution in [1.82, 2.24) is 4.72 Å². The van der Waals surface area contributed by atoms with Crippen LogP contribution in [0.5, 0.6) is 0 Å². The van der Waals surface area contributed by atoms with E-state index in [1.165, 1.54) is 0 Å². The van der Waals surface area contributed by atoms with Crippen LogP contribution in [0.15, 0.2) is 24.3 Å². The summed E-state index contributed by atoms with van der Waals surface area (Å²) in [5.74, 6) is -0.588. The molecule has 0 heterocycles. The van der Waals surface area contributed by atoms with Crippen molar-refractivity contribution in [2.24, 2.45) is 0 Å². The van der Waals surface area contributed by atoms with E-state index in [1.807, 2.05) is 0 Å². The monoisotopic (exact) mass is 286 g/mol. The number of carbonyl (C=O) groups excluding carboxylic acids is 1. The third-order valence-corrected chi connectivity index (χ3v) is 3.62. The molecule has 0 atom stereocenters. The number of benzene rings is 1. The normalized spacial score (nSPS) is 11.2. The zero-order valence-electron chi connectivity index (χ0n) is 10.8. The van der Waals surface area contributed by atoms with Crippen LogP contribution < -0.4 is 10.5 Å². The topological polar surface area (TPSA) is 98.5 Å². The third-order valence-electron chi connectivity index (χ3n) is 2.26. The van der Waals surface area contributed by atoms with Gasteiger partial charge in [-0.1, -0.05) is 12.1 Å². The summed E-state index contributed by atoms with van der Waals surface area (Å²) < 4.78 is 30.5. The van der Waals surface area contributed by atoms with E-state index in [-0.39, 0.29) is 25.3 Å². The number of rotatable bonds is 7.